The van der Waals surface area contributed by atoms with Gasteiger partial charge in [-0.1, -0.05) is 25.5 Å². The predicted molar refractivity (Wildman–Crippen MR) is 172 cm³/mol. The van der Waals surface area contributed by atoms with E-state index in [4.69, 9.17) is 18.9 Å². The number of phenols is 2. The Hall–Kier alpha value is -4.29. The molecule has 1 heterocycles. The van der Waals surface area contributed by atoms with Crippen molar-refractivity contribution in [1.29, 1.82) is 0 Å². The number of hydrogen-bond donors (Lipinski definition) is 5. The summed E-state index contributed by atoms with van der Waals surface area (Å²) in [6.07, 6.45) is -12.3. The Morgan fingerprint density at radius 1 is 1.08 bits per heavy atom. The van der Waals surface area contributed by atoms with Crippen molar-refractivity contribution >= 4 is 41.6 Å². The molecule has 2 aromatic rings. The number of aliphatic hydroxyl groups excluding tert-OH is 1. The minimum atomic E-state index is -5.29. The standard InChI is InChI=1S/C34H36F3NO13.ClH/c1-4-5-9-21(40)49-13-20(39)33(47)11-16-24(19(12-33)51-22-10-17(27(41)14(2)50-22)38-32(46)34(35,36)37)31(45)26-25(29(16)43)28(42)15-7-6-8-18(48-3)23(15)30(26)44;/h6-8,14,17,19,22,27,41,43,45,47H,4-5,9-13H2,1-3H3,(H,38,46);1H/t14-,17-,19-,22-,27+,33-;/m0./s1. The Bertz CT molecular complexity index is 1780. The summed E-state index contributed by atoms with van der Waals surface area (Å²) >= 11 is 0. The van der Waals surface area contributed by atoms with E-state index >= 15 is 0 Å². The number of carbonyl (C=O) groups excluding carboxylic acids is 5. The van der Waals surface area contributed by atoms with Crippen molar-refractivity contribution in [2.45, 2.75) is 94.8 Å². The summed E-state index contributed by atoms with van der Waals surface area (Å²) in [5.41, 5.74) is -4.85. The van der Waals surface area contributed by atoms with Crippen LogP contribution in [0.3, 0.4) is 0 Å². The predicted octanol–water partition coefficient (Wildman–Crippen LogP) is 2.88. The van der Waals surface area contributed by atoms with E-state index in [-0.39, 0.29) is 46.8 Å². The van der Waals surface area contributed by atoms with Crippen molar-refractivity contribution in [3.63, 3.8) is 0 Å². The molecule has 5 N–H and O–H groups in total. The van der Waals surface area contributed by atoms with Crippen LogP contribution in [0.15, 0.2) is 18.2 Å². The largest absolute Gasteiger partial charge is 0.507 e. The molecule has 5 rings (SSSR count). The monoisotopic (exact) mass is 759 g/mol. The van der Waals surface area contributed by atoms with Gasteiger partial charge in [0.15, 0.2) is 18.7 Å². The third-order valence-electron chi connectivity index (χ3n) is 9.29. The molecule has 1 aliphatic heterocycles. The molecule has 52 heavy (non-hydrogen) atoms. The van der Waals surface area contributed by atoms with Gasteiger partial charge in [0.1, 0.15) is 29.0 Å². The number of carbonyl (C=O) groups is 5. The molecule has 2 aromatic carbocycles. The van der Waals surface area contributed by atoms with Crippen LogP contribution in [0.25, 0.3) is 0 Å². The van der Waals surface area contributed by atoms with E-state index in [0.29, 0.717) is 12.8 Å². The number of benzene rings is 2. The molecule has 0 spiro atoms. The molecular weight excluding hydrogens is 723 g/mol. The highest BCUT2D eigenvalue weighted by Gasteiger charge is 2.51. The van der Waals surface area contributed by atoms with E-state index in [1.165, 1.54) is 32.2 Å². The highest BCUT2D eigenvalue weighted by Crippen LogP contribution is 2.52. The number of phenolic OH excluding ortho intramolecular Hbond substituents is 2. The summed E-state index contributed by atoms with van der Waals surface area (Å²) in [4.78, 5) is 64.9. The highest BCUT2D eigenvalue weighted by molar-refractivity contribution is 6.31. The van der Waals surface area contributed by atoms with Gasteiger partial charge in [-0.3, -0.25) is 24.0 Å². The second-order valence-electron chi connectivity index (χ2n) is 12.7. The number of methoxy groups -OCH3 is 1. The minimum absolute atomic E-state index is 0. The van der Waals surface area contributed by atoms with Crippen molar-refractivity contribution < 1.29 is 76.5 Å². The zero-order valence-electron chi connectivity index (χ0n) is 28.1. The normalized spacial score (nSPS) is 25.2. The van der Waals surface area contributed by atoms with Crippen LogP contribution in [-0.4, -0.2) is 99.7 Å². The van der Waals surface area contributed by atoms with Crippen LogP contribution >= 0.6 is 12.4 Å². The SMILES string of the molecule is CCCCC(=O)OCC(=O)[C@]1(O)Cc2c(O)c3c(c(O)c2[C@@H](O[C@H]2C[C@H](NC(=O)C(F)(F)F)[C@H](O)[C@H](C)O2)C1)C(=O)c1c(OC)cccc1C3=O.Cl. The number of ether oxygens (including phenoxy) is 4. The van der Waals surface area contributed by atoms with Gasteiger partial charge in [0, 0.05) is 42.4 Å². The molecule has 3 aliphatic rings. The van der Waals surface area contributed by atoms with Gasteiger partial charge >= 0.3 is 18.1 Å². The lowest BCUT2D eigenvalue weighted by Crippen LogP contribution is -2.57. The molecule has 6 atom stereocenters. The molecule has 284 valence electrons. The van der Waals surface area contributed by atoms with Crippen LogP contribution in [0.1, 0.15) is 95.0 Å². The van der Waals surface area contributed by atoms with Gasteiger partial charge in [-0.2, -0.15) is 13.2 Å². The van der Waals surface area contributed by atoms with Gasteiger partial charge in [0.25, 0.3) is 0 Å². The lowest BCUT2D eigenvalue weighted by Gasteiger charge is -2.43. The quantitative estimate of drug-likeness (QED) is 0.149. The number of aromatic hydroxyl groups is 2. The third-order valence-corrected chi connectivity index (χ3v) is 9.29. The topological polar surface area (TPSA) is 215 Å². The zero-order valence-corrected chi connectivity index (χ0v) is 28.9. The number of alkyl halides is 3. The van der Waals surface area contributed by atoms with Crippen molar-refractivity contribution in [3.05, 3.63) is 51.6 Å². The molecule has 0 unspecified atom stereocenters. The van der Waals surface area contributed by atoms with Crippen LogP contribution in [0, 0.1) is 0 Å². The molecule has 18 heteroatoms. The number of halogens is 4. The fourth-order valence-electron chi connectivity index (χ4n) is 6.64. The maximum Gasteiger partial charge on any atom is 0.471 e. The van der Waals surface area contributed by atoms with Gasteiger partial charge in [-0.15, -0.1) is 12.4 Å². The summed E-state index contributed by atoms with van der Waals surface area (Å²) in [6.45, 7) is 2.21. The van der Waals surface area contributed by atoms with E-state index in [2.05, 4.69) is 0 Å². The lowest BCUT2D eigenvalue weighted by molar-refractivity contribution is -0.250. The Balaban J connectivity index is 0.00000605. The number of fused-ring (bicyclic) bond motifs is 3. The summed E-state index contributed by atoms with van der Waals surface area (Å²) < 4.78 is 61.1. The third kappa shape index (κ3) is 7.45. The Labute approximate surface area is 300 Å². The summed E-state index contributed by atoms with van der Waals surface area (Å²) in [5.74, 6) is -7.66. The molecule has 14 nitrogen and oxygen atoms in total. The molecule has 2 aliphatic carbocycles. The van der Waals surface area contributed by atoms with Gasteiger partial charge in [0.05, 0.1) is 42.0 Å². The number of esters is 1. The lowest BCUT2D eigenvalue weighted by atomic mass is 9.72. The number of aliphatic hydroxyl groups is 2. The number of unbranched alkanes of at least 4 members (excludes halogenated alkanes) is 1. The molecule has 1 fully saturated rings. The van der Waals surface area contributed by atoms with Crippen molar-refractivity contribution in [2.75, 3.05) is 13.7 Å². The molecule has 0 aromatic heterocycles. The van der Waals surface area contributed by atoms with Gasteiger partial charge in [0.2, 0.25) is 11.6 Å². The maximum atomic E-state index is 13.9. The number of Topliss-reactive ketones (excluding diaryl/α,β-unsaturated/α-hetero) is 1. The van der Waals surface area contributed by atoms with Crippen molar-refractivity contribution in [3.8, 4) is 17.2 Å². The fourth-order valence-corrected chi connectivity index (χ4v) is 6.64. The molecule has 1 saturated heterocycles. The van der Waals surface area contributed by atoms with Crippen molar-refractivity contribution in [1.82, 2.24) is 5.32 Å². The molecule has 0 bridgehead atoms. The van der Waals surface area contributed by atoms with Gasteiger partial charge in [-0.25, -0.2) is 0 Å². The first-order valence-electron chi connectivity index (χ1n) is 16.1. The second kappa shape index (κ2) is 15.4. The fraction of sp³-hybridized carbons (Fsp3) is 0.500. The van der Waals surface area contributed by atoms with Crippen LogP contribution in [-0.2, 0) is 35.0 Å². The number of rotatable bonds is 10. The number of nitrogens with one attached hydrogen (secondary N) is 1. The Kier molecular flexibility index (Phi) is 12.0. The maximum absolute atomic E-state index is 13.9. The highest BCUT2D eigenvalue weighted by atomic mass is 35.5. The number of ketones is 3. The van der Waals surface area contributed by atoms with Crippen LogP contribution in [0.5, 0.6) is 17.2 Å². The van der Waals surface area contributed by atoms with E-state index in [1.807, 2.05) is 6.92 Å². The average molecular weight is 760 g/mol. The first-order valence-corrected chi connectivity index (χ1v) is 16.1. The molecule has 0 saturated carbocycles. The summed E-state index contributed by atoms with van der Waals surface area (Å²) in [6, 6.07) is 2.58. The Morgan fingerprint density at radius 2 is 1.75 bits per heavy atom. The van der Waals surface area contributed by atoms with Gasteiger partial charge in [-0.05, 0) is 19.4 Å². The van der Waals surface area contributed by atoms with Crippen LogP contribution < -0.4 is 10.1 Å². The minimum Gasteiger partial charge on any atom is -0.507 e. The van der Waals surface area contributed by atoms with Crippen molar-refractivity contribution in [2.24, 2.45) is 0 Å². The van der Waals surface area contributed by atoms with Crippen LogP contribution in [0.4, 0.5) is 13.2 Å². The smallest absolute Gasteiger partial charge is 0.471 e. The van der Waals surface area contributed by atoms with Gasteiger partial charge < -0.3 is 44.7 Å². The molecule has 1 amide bonds. The van der Waals surface area contributed by atoms with E-state index < -0.39 is 120 Å². The van der Waals surface area contributed by atoms with E-state index in [9.17, 15) is 57.6 Å². The average Bonchev–Trinajstić information content (AvgIpc) is 3.07. The first-order chi connectivity index (χ1) is 23.9. The van der Waals surface area contributed by atoms with Crippen LogP contribution in [0.2, 0.25) is 0 Å². The number of amides is 1. The zero-order chi connectivity index (χ0) is 37.6. The molecular formula is C34H37ClF3NO13. The summed E-state index contributed by atoms with van der Waals surface area (Å²) in [7, 11) is 1.25. The Morgan fingerprint density at radius 3 is 2.38 bits per heavy atom. The number of hydrogen-bond acceptors (Lipinski definition) is 13. The second-order valence-corrected chi connectivity index (χ2v) is 12.7. The molecule has 0 radical (unpaired) electrons. The first kappa shape index (κ1) is 40.5. The van der Waals surface area contributed by atoms with E-state index in [0.717, 1.165) is 0 Å². The summed E-state index contributed by atoms with van der Waals surface area (Å²) in [5, 5.41) is 47.2. The van der Waals surface area contributed by atoms with E-state index in [1.54, 1.807) is 5.32 Å².